The lowest BCUT2D eigenvalue weighted by atomic mass is 9.95. The number of pyridine rings is 1. The highest BCUT2D eigenvalue weighted by Crippen LogP contribution is 2.42. The monoisotopic (exact) mass is 586 g/mol. The number of piperazine rings is 1. The number of phenols is 1. The van der Waals surface area contributed by atoms with Crippen LogP contribution in [-0.4, -0.2) is 81.5 Å². The van der Waals surface area contributed by atoms with Gasteiger partial charge in [-0.15, -0.1) is 0 Å². The topological polar surface area (TPSA) is 86.6 Å². The highest BCUT2D eigenvalue weighted by Gasteiger charge is 2.49. The van der Waals surface area contributed by atoms with Gasteiger partial charge in [-0.05, 0) is 67.1 Å². The Bertz CT molecular complexity index is 1720. The number of aromatic nitrogens is 3. The van der Waals surface area contributed by atoms with E-state index in [0.29, 0.717) is 41.8 Å². The fourth-order valence-corrected chi connectivity index (χ4v) is 8.10. The van der Waals surface area contributed by atoms with Crippen LogP contribution in [0.2, 0.25) is 0 Å². The second-order valence-corrected chi connectivity index (χ2v) is 12.8. The normalized spacial score (nSPS) is 27.0. The first-order valence-corrected chi connectivity index (χ1v) is 15.5. The summed E-state index contributed by atoms with van der Waals surface area (Å²) in [6.07, 6.45) is 6.02. The zero-order chi connectivity index (χ0) is 29.3. The number of nitrogens with zero attached hydrogens (tertiary/aromatic N) is 5. The van der Waals surface area contributed by atoms with Crippen molar-refractivity contribution in [3.63, 3.8) is 0 Å². The Labute approximate surface area is 249 Å². The van der Waals surface area contributed by atoms with E-state index < -0.39 is 12.0 Å². The largest absolute Gasteiger partial charge is 0.508 e. The van der Waals surface area contributed by atoms with Gasteiger partial charge in [0.15, 0.2) is 5.82 Å². The van der Waals surface area contributed by atoms with Gasteiger partial charge in [0.1, 0.15) is 35.6 Å². The number of rotatable bonds is 6. The van der Waals surface area contributed by atoms with Gasteiger partial charge in [0.2, 0.25) is 0 Å². The van der Waals surface area contributed by atoms with Crippen LogP contribution in [0.3, 0.4) is 0 Å². The number of benzene rings is 2. The van der Waals surface area contributed by atoms with E-state index in [0.717, 1.165) is 68.1 Å². The first kappa shape index (κ1) is 27.0. The molecule has 2 aromatic heterocycles. The van der Waals surface area contributed by atoms with Crippen LogP contribution < -0.4 is 15.0 Å². The maximum atomic E-state index is 16.8. The zero-order valence-electron chi connectivity index (χ0n) is 24.3. The van der Waals surface area contributed by atoms with Gasteiger partial charge in [-0.1, -0.05) is 25.1 Å². The molecule has 0 spiro atoms. The highest BCUT2D eigenvalue weighted by atomic mass is 19.1. The molecule has 0 unspecified atom stereocenters. The number of ether oxygens (including phenoxy) is 1. The van der Waals surface area contributed by atoms with Crippen molar-refractivity contribution in [2.75, 3.05) is 37.7 Å². The minimum absolute atomic E-state index is 0.0452. The van der Waals surface area contributed by atoms with E-state index >= 15 is 4.39 Å². The predicted molar refractivity (Wildman–Crippen MR) is 162 cm³/mol. The Balaban J connectivity index is 1.26. The van der Waals surface area contributed by atoms with Gasteiger partial charge in [0.25, 0.3) is 0 Å². The Hall–Kier alpha value is -3.63. The molecule has 6 heterocycles. The average molecular weight is 587 g/mol. The lowest BCUT2D eigenvalue weighted by molar-refractivity contribution is 0.107. The number of nitrogens with one attached hydrogen (secondary N) is 1. The summed E-state index contributed by atoms with van der Waals surface area (Å²) in [6.45, 7) is 5.12. The van der Waals surface area contributed by atoms with Crippen LogP contribution in [0, 0.1) is 5.82 Å². The number of aromatic hydroxyl groups is 1. The molecule has 10 heteroatoms. The fourth-order valence-electron chi connectivity index (χ4n) is 8.10. The van der Waals surface area contributed by atoms with Gasteiger partial charge in [0.05, 0.1) is 10.9 Å². The second kappa shape index (κ2) is 10.2. The minimum atomic E-state index is -0.871. The summed E-state index contributed by atoms with van der Waals surface area (Å²) in [4.78, 5) is 18.5. The molecule has 8 rings (SSSR count). The van der Waals surface area contributed by atoms with E-state index in [4.69, 9.17) is 9.72 Å². The van der Waals surface area contributed by atoms with Crippen molar-refractivity contribution in [1.29, 1.82) is 0 Å². The number of aryl methyl sites for hydroxylation is 1. The molecule has 2 bridgehead atoms. The standard InChI is InChI=1S/C33H36F2N6O2/c1-2-19-5-3-6-20-11-24(42)12-25(27(19)20)29-28(35)30-26(14-36-29)31(40-16-22-7-8-23(17-40)37-22)39-32(38-30)43-18-33-9-4-10-41(33)15-21(34)13-33/h3,5-6,11-12,14,21-23,37,42H,2,4,7-10,13,15-18H2,1H3/t21-,22-,23+,33+/m1/s1. The molecule has 224 valence electrons. The van der Waals surface area contributed by atoms with Crippen molar-refractivity contribution in [2.24, 2.45) is 0 Å². The number of hydrogen-bond donors (Lipinski definition) is 2. The molecule has 2 aromatic carbocycles. The maximum absolute atomic E-state index is 16.8. The second-order valence-electron chi connectivity index (χ2n) is 12.8. The first-order chi connectivity index (χ1) is 20.9. The van der Waals surface area contributed by atoms with E-state index in [9.17, 15) is 9.50 Å². The van der Waals surface area contributed by atoms with Crippen molar-refractivity contribution < 1.29 is 18.6 Å². The quantitative estimate of drug-likeness (QED) is 0.321. The van der Waals surface area contributed by atoms with Crippen molar-refractivity contribution in [3.8, 4) is 23.0 Å². The molecular formula is C33H36F2N6O2. The summed E-state index contributed by atoms with van der Waals surface area (Å²) in [6, 6.07) is 9.94. The smallest absolute Gasteiger partial charge is 0.319 e. The molecule has 0 amide bonds. The van der Waals surface area contributed by atoms with Crippen LogP contribution in [0.25, 0.3) is 32.9 Å². The van der Waals surface area contributed by atoms with Crippen LogP contribution in [0.5, 0.6) is 11.8 Å². The lowest BCUT2D eigenvalue weighted by Crippen LogP contribution is -2.51. The summed E-state index contributed by atoms with van der Waals surface area (Å²) < 4.78 is 37.5. The highest BCUT2D eigenvalue weighted by molar-refractivity contribution is 6.01. The molecule has 8 nitrogen and oxygen atoms in total. The molecule has 0 aliphatic carbocycles. The summed E-state index contributed by atoms with van der Waals surface area (Å²) in [5.74, 6) is 0.0815. The molecule has 4 aliphatic rings. The molecule has 43 heavy (non-hydrogen) atoms. The fraction of sp³-hybridized carbons (Fsp3) is 0.485. The predicted octanol–water partition coefficient (Wildman–Crippen LogP) is 5.15. The first-order valence-electron chi connectivity index (χ1n) is 15.5. The summed E-state index contributed by atoms with van der Waals surface area (Å²) in [7, 11) is 0. The number of fused-ring (bicyclic) bond motifs is 5. The Morgan fingerprint density at radius 2 is 1.98 bits per heavy atom. The third kappa shape index (κ3) is 4.49. The van der Waals surface area contributed by atoms with Crippen LogP contribution in [-0.2, 0) is 6.42 Å². The number of anilines is 1. The van der Waals surface area contributed by atoms with Crippen LogP contribution in [0.1, 0.15) is 44.6 Å². The van der Waals surface area contributed by atoms with Crippen molar-refractivity contribution in [1.82, 2.24) is 25.2 Å². The SMILES string of the molecule is CCc1cccc2cc(O)cc(-c3ncc4c(N5C[C@H]6CC[C@@H](C5)N6)nc(OC[C@@]56CCCN5C[C@H](F)C6)nc4c3F)c12. The molecule has 0 saturated carbocycles. The molecular weight excluding hydrogens is 550 g/mol. The van der Waals surface area contributed by atoms with Gasteiger partial charge in [-0.25, -0.2) is 8.78 Å². The maximum Gasteiger partial charge on any atom is 0.319 e. The van der Waals surface area contributed by atoms with Gasteiger partial charge >= 0.3 is 6.01 Å². The average Bonchev–Trinajstić information content (AvgIpc) is 3.65. The van der Waals surface area contributed by atoms with Crippen LogP contribution in [0.15, 0.2) is 36.5 Å². The van der Waals surface area contributed by atoms with E-state index in [1.54, 1.807) is 18.3 Å². The third-order valence-electron chi connectivity index (χ3n) is 10.1. The molecule has 0 radical (unpaired) electrons. The van der Waals surface area contributed by atoms with E-state index in [1.165, 1.54) is 0 Å². The molecule has 4 atom stereocenters. The number of hydrogen-bond acceptors (Lipinski definition) is 8. The molecule has 4 aliphatic heterocycles. The van der Waals surface area contributed by atoms with Crippen LogP contribution in [0.4, 0.5) is 14.6 Å². The van der Waals surface area contributed by atoms with E-state index in [1.807, 2.05) is 18.2 Å². The third-order valence-corrected chi connectivity index (χ3v) is 10.1. The van der Waals surface area contributed by atoms with E-state index in [2.05, 4.69) is 32.0 Å². The van der Waals surface area contributed by atoms with Gasteiger partial charge in [0, 0.05) is 49.9 Å². The zero-order valence-corrected chi connectivity index (χ0v) is 24.3. The minimum Gasteiger partial charge on any atom is -0.508 e. The van der Waals surface area contributed by atoms with Crippen molar-refractivity contribution in [2.45, 2.75) is 69.2 Å². The Morgan fingerprint density at radius 1 is 1.14 bits per heavy atom. The van der Waals surface area contributed by atoms with Crippen molar-refractivity contribution in [3.05, 3.63) is 47.9 Å². The van der Waals surface area contributed by atoms with E-state index in [-0.39, 0.29) is 35.1 Å². The number of phenolic OH excluding ortho intramolecular Hbond substituents is 1. The number of alkyl halides is 1. The number of halogens is 2. The Kier molecular flexibility index (Phi) is 6.41. The van der Waals surface area contributed by atoms with Gasteiger partial charge < -0.3 is 20.1 Å². The summed E-state index contributed by atoms with van der Waals surface area (Å²) in [5, 5.41) is 16.4. The molecule has 4 aromatic rings. The van der Waals surface area contributed by atoms with Gasteiger partial charge in [-0.2, -0.15) is 9.97 Å². The summed E-state index contributed by atoms with van der Waals surface area (Å²) in [5.41, 5.74) is 1.46. The Morgan fingerprint density at radius 3 is 2.79 bits per heavy atom. The van der Waals surface area contributed by atoms with Crippen molar-refractivity contribution >= 4 is 27.5 Å². The lowest BCUT2D eigenvalue weighted by Gasteiger charge is -2.34. The molecule has 2 N–H and O–H groups in total. The van der Waals surface area contributed by atoms with Crippen LogP contribution >= 0.6 is 0 Å². The molecule has 4 fully saturated rings. The summed E-state index contributed by atoms with van der Waals surface area (Å²) >= 11 is 0. The molecule has 4 saturated heterocycles. The van der Waals surface area contributed by atoms with Gasteiger partial charge in [-0.3, -0.25) is 9.88 Å².